The Morgan fingerprint density at radius 1 is 1.10 bits per heavy atom. The van der Waals surface area contributed by atoms with Crippen molar-refractivity contribution in [1.29, 1.82) is 0 Å². The Labute approximate surface area is 191 Å². The molecule has 1 amide bonds. The number of hydrogen-bond acceptors (Lipinski definition) is 3. The van der Waals surface area contributed by atoms with E-state index in [0.717, 1.165) is 57.4 Å². The number of guanidine groups is 1. The highest BCUT2D eigenvalue weighted by molar-refractivity contribution is 14.0. The summed E-state index contributed by atoms with van der Waals surface area (Å²) in [5.74, 6) is 1.78. The summed E-state index contributed by atoms with van der Waals surface area (Å²) in [5, 5.41) is 3.28. The van der Waals surface area contributed by atoms with E-state index in [1.54, 1.807) is 7.05 Å². The van der Waals surface area contributed by atoms with Gasteiger partial charge in [0.1, 0.15) is 0 Å². The van der Waals surface area contributed by atoms with Crippen LogP contribution in [0.1, 0.15) is 36.8 Å². The average molecular weight is 512 g/mol. The van der Waals surface area contributed by atoms with Gasteiger partial charge in [-0.1, -0.05) is 24.3 Å². The van der Waals surface area contributed by atoms with Crippen molar-refractivity contribution < 1.29 is 9.53 Å². The van der Waals surface area contributed by atoms with Crippen LogP contribution in [0.5, 0.6) is 0 Å². The largest absolute Gasteiger partial charge is 0.378 e. The topological polar surface area (TPSA) is 57.2 Å². The minimum Gasteiger partial charge on any atom is -0.378 e. The van der Waals surface area contributed by atoms with Gasteiger partial charge in [-0.15, -0.1) is 24.0 Å². The van der Waals surface area contributed by atoms with E-state index in [9.17, 15) is 4.79 Å². The first-order chi connectivity index (χ1) is 13.7. The molecule has 7 heteroatoms. The van der Waals surface area contributed by atoms with Crippen LogP contribution in [0, 0.1) is 5.92 Å². The van der Waals surface area contributed by atoms with Gasteiger partial charge in [0.05, 0.1) is 12.6 Å². The highest BCUT2D eigenvalue weighted by atomic mass is 127. The molecule has 1 aromatic carbocycles. The Hall–Kier alpha value is -1.35. The first-order valence-electron chi connectivity index (χ1n) is 10.6. The third-order valence-electron chi connectivity index (χ3n) is 6.10. The highest BCUT2D eigenvalue weighted by Crippen LogP contribution is 2.30. The van der Waals surface area contributed by atoms with Gasteiger partial charge in [-0.2, -0.15) is 0 Å². The Kier molecular flexibility index (Phi) is 8.17. The van der Waals surface area contributed by atoms with Gasteiger partial charge in [-0.3, -0.25) is 9.79 Å². The lowest BCUT2D eigenvalue weighted by molar-refractivity contribution is -0.130. The highest BCUT2D eigenvalue weighted by Gasteiger charge is 2.27. The van der Waals surface area contributed by atoms with E-state index in [-0.39, 0.29) is 29.9 Å². The number of halogens is 1. The van der Waals surface area contributed by atoms with Crippen LogP contribution >= 0.6 is 24.0 Å². The molecule has 0 unspecified atom stereocenters. The molecule has 2 fully saturated rings. The van der Waals surface area contributed by atoms with E-state index in [4.69, 9.17) is 4.74 Å². The van der Waals surface area contributed by atoms with Crippen molar-refractivity contribution in [3.05, 3.63) is 35.4 Å². The molecule has 1 N–H and O–H groups in total. The molecule has 2 heterocycles. The van der Waals surface area contributed by atoms with E-state index >= 15 is 0 Å². The smallest absolute Gasteiger partial charge is 0.242 e. The van der Waals surface area contributed by atoms with Crippen molar-refractivity contribution in [2.75, 3.05) is 39.8 Å². The number of likely N-dealkylation sites (tertiary alicyclic amines) is 1. The number of aliphatic imine (C=N–C) groups is 1. The van der Waals surface area contributed by atoms with E-state index in [2.05, 4.69) is 33.4 Å². The van der Waals surface area contributed by atoms with E-state index < -0.39 is 0 Å². The quantitative estimate of drug-likeness (QED) is 0.375. The molecule has 160 valence electrons. The number of benzene rings is 1. The number of nitrogens with one attached hydrogen (secondary N) is 1. The first kappa shape index (κ1) is 22.3. The van der Waals surface area contributed by atoms with Gasteiger partial charge in [-0.25, -0.2) is 0 Å². The maximum absolute atomic E-state index is 12.7. The zero-order valence-electron chi connectivity index (χ0n) is 17.3. The predicted octanol–water partition coefficient (Wildman–Crippen LogP) is 2.66. The molecule has 1 aromatic rings. The number of fused-ring (bicyclic) bond motifs is 1. The number of nitrogens with zero attached hydrogens (tertiary/aromatic N) is 3. The van der Waals surface area contributed by atoms with Gasteiger partial charge in [0, 0.05) is 39.8 Å². The van der Waals surface area contributed by atoms with E-state index in [1.807, 2.05) is 11.0 Å². The lowest BCUT2D eigenvalue weighted by Crippen LogP contribution is -2.50. The number of amides is 1. The summed E-state index contributed by atoms with van der Waals surface area (Å²) >= 11 is 0. The fourth-order valence-electron chi connectivity index (χ4n) is 4.10. The second kappa shape index (κ2) is 10.6. The van der Waals surface area contributed by atoms with E-state index in [0.29, 0.717) is 19.2 Å². The Morgan fingerprint density at radius 3 is 2.52 bits per heavy atom. The van der Waals surface area contributed by atoms with Gasteiger partial charge < -0.3 is 19.9 Å². The average Bonchev–Trinajstić information content (AvgIpc) is 3.57. The second-order valence-electron chi connectivity index (χ2n) is 8.20. The van der Waals surface area contributed by atoms with Crippen molar-refractivity contribution in [3.63, 3.8) is 0 Å². The monoisotopic (exact) mass is 512 g/mol. The van der Waals surface area contributed by atoms with Crippen LogP contribution in [0.2, 0.25) is 0 Å². The maximum atomic E-state index is 12.7. The molecular weight excluding hydrogens is 479 g/mol. The summed E-state index contributed by atoms with van der Waals surface area (Å²) in [7, 11) is 1.79. The summed E-state index contributed by atoms with van der Waals surface area (Å²) in [5.41, 5.74) is 2.63. The van der Waals surface area contributed by atoms with Crippen LogP contribution in [0.15, 0.2) is 29.3 Å². The fourth-order valence-corrected chi connectivity index (χ4v) is 4.10. The lowest BCUT2D eigenvalue weighted by atomic mass is 10.00. The molecule has 1 aliphatic carbocycles. The molecule has 29 heavy (non-hydrogen) atoms. The van der Waals surface area contributed by atoms with Crippen LogP contribution in [-0.2, 0) is 22.5 Å². The molecule has 0 radical (unpaired) electrons. The SMILES string of the molecule is CN=C(NCC(=O)N1CCc2ccccc2C1)N1CCC(OCC2CC2)CC1.I. The van der Waals surface area contributed by atoms with Gasteiger partial charge in [0.2, 0.25) is 5.91 Å². The molecule has 4 rings (SSSR count). The third kappa shape index (κ3) is 6.07. The Balaban J connectivity index is 0.00000240. The van der Waals surface area contributed by atoms with Crippen LogP contribution in [0.4, 0.5) is 0 Å². The van der Waals surface area contributed by atoms with Crippen molar-refractivity contribution in [3.8, 4) is 0 Å². The first-order valence-corrected chi connectivity index (χ1v) is 10.6. The maximum Gasteiger partial charge on any atom is 0.242 e. The normalized spacial score (nSPS) is 20.1. The van der Waals surface area contributed by atoms with Crippen LogP contribution in [0.25, 0.3) is 0 Å². The minimum atomic E-state index is 0. The number of piperidine rings is 1. The van der Waals surface area contributed by atoms with Gasteiger partial charge in [-0.05, 0) is 49.1 Å². The van der Waals surface area contributed by atoms with Crippen molar-refractivity contribution >= 4 is 35.8 Å². The van der Waals surface area contributed by atoms with Crippen LogP contribution in [0.3, 0.4) is 0 Å². The standard InChI is InChI=1S/C22H32N4O2.HI/c1-23-22(25-12-9-20(10-13-25)28-16-17-6-7-17)24-14-21(27)26-11-8-18-4-2-3-5-19(18)15-26;/h2-5,17,20H,6-16H2,1H3,(H,23,24);1H. The molecule has 1 saturated heterocycles. The van der Waals surface area contributed by atoms with Gasteiger partial charge >= 0.3 is 0 Å². The Morgan fingerprint density at radius 2 is 1.83 bits per heavy atom. The second-order valence-corrected chi connectivity index (χ2v) is 8.20. The molecule has 0 spiro atoms. The van der Waals surface area contributed by atoms with Crippen LogP contribution in [-0.4, -0.2) is 67.6 Å². The summed E-state index contributed by atoms with van der Waals surface area (Å²) in [6, 6.07) is 8.40. The zero-order chi connectivity index (χ0) is 19.3. The van der Waals surface area contributed by atoms with Crippen molar-refractivity contribution in [1.82, 2.24) is 15.1 Å². The lowest BCUT2D eigenvalue weighted by Gasteiger charge is -2.34. The minimum absolute atomic E-state index is 0. The third-order valence-corrected chi connectivity index (χ3v) is 6.10. The zero-order valence-corrected chi connectivity index (χ0v) is 19.6. The molecule has 1 saturated carbocycles. The number of hydrogen-bond donors (Lipinski definition) is 1. The number of carbonyl (C=O) groups excluding carboxylic acids is 1. The predicted molar refractivity (Wildman–Crippen MR) is 126 cm³/mol. The Bertz CT molecular complexity index is 715. The summed E-state index contributed by atoms with van der Waals surface area (Å²) in [6.07, 6.45) is 6.06. The molecule has 6 nitrogen and oxygen atoms in total. The van der Waals surface area contributed by atoms with E-state index in [1.165, 1.54) is 24.0 Å². The van der Waals surface area contributed by atoms with Gasteiger partial charge in [0.15, 0.2) is 5.96 Å². The molecule has 0 aromatic heterocycles. The number of rotatable bonds is 5. The molecule has 0 bridgehead atoms. The van der Waals surface area contributed by atoms with Crippen LogP contribution < -0.4 is 5.32 Å². The summed E-state index contributed by atoms with van der Waals surface area (Å²) in [4.78, 5) is 21.3. The van der Waals surface area contributed by atoms with Crippen molar-refractivity contribution in [2.24, 2.45) is 10.9 Å². The number of ether oxygens (including phenoxy) is 1. The molecule has 0 atom stereocenters. The molecular formula is C22H33IN4O2. The summed E-state index contributed by atoms with van der Waals surface area (Å²) < 4.78 is 6.03. The number of carbonyl (C=O) groups is 1. The van der Waals surface area contributed by atoms with Gasteiger partial charge in [0.25, 0.3) is 0 Å². The van der Waals surface area contributed by atoms with Crippen molar-refractivity contribution in [2.45, 2.75) is 44.8 Å². The fraction of sp³-hybridized carbons (Fsp3) is 0.636. The molecule has 2 aliphatic heterocycles. The summed E-state index contributed by atoms with van der Waals surface area (Å²) in [6.45, 7) is 4.59. The molecule has 3 aliphatic rings.